The number of carbonyl (C=O) groups excluding carboxylic acids is 1. The third kappa shape index (κ3) is 1.02. The van der Waals surface area contributed by atoms with Gasteiger partial charge in [0, 0.05) is 12.0 Å². The summed E-state index contributed by atoms with van der Waals surface area (Å²) in [6.45, 7) is 1.63. The summed E-state index contributed by atoms with van der Waals surface area (Å²) >= 11 is 0. The van der Waals surface area contributed by atoms with Crippen LogP contribution in [0.15, 0.2) is 23.5 Å². The summed E-state index contributed by atoms with van der Waals surface area (Å²) in [5.74, 6) is 0.112. The standard InChI is InChI=1S/C7H8O2/c1-5-6(8)3-2-4-7(5)9/h2-3,9H,4H2,1H3. The summed E-state index contributed by atoms with van der Waals surface area (Å²) in [5, 5.41) is 8.96. The first-order valence-electron chi connectivity index (χ1n) is 2.81. The van der Waals surface area contributed by atoms with Crippen LogP contribution in [0.5, 0.6) is 0 Å². The molecule has 1 N–H and O–H groups in total. The van der Waals surface area contributed by atoms with Crippen molar-refractivity contribution in [2.45, 2.75) is 13.3 Å². The van der Waals surface area contributed by atoms with E-state index >= 15 is 0 Å². The molecule has 9 heavy (non-hydrogen) atoms. The lowest BCUT2D eigenvalue weighted by Gasteiger charge is -2.04. The Balaban J connectivity index is 2.92. The van der Waals surface area contributed by atoms with E-state index < -0.39 is 0 Å². The lowest BCUT2D eigenvalue weighted by Crippen LogP contribution is -2.02. The Labute approximate surface area is 53.5 Å². The summed E-state index contributed by atoms with van der Waals surface area (Å²) in [5.41, 5.74) is 0.470. The van der Waals surface area contributed by atoms with Gasteiger partial charge >= 0.3 is 0 Å². The third-order valence-electron chi connectivity index (χ3n) is 1.38. The molecule has 48 valence electrons. The number of hydrogen-bond donors (Lipinski definition) is 1. The normalized spacial score (nSPS) is 19.0. The zero-order valence-corrected chi connectivity index (χ0v) is 5.22. The minimum atomic E-state index is -0.0845. The number of ketones is 1. The second-order valence-corrected chi connectivity index (χ2v) is 2.04. The van der Waals surface area contributed by atoms with Gasteiger partial charge in [-0.3, -0.25) is 4.79 Å². The van der Waals surface area contributed by atoms with Gasteiger partial charge in [-0.2, -0.15) is 0 Å². The Bertz CT molecular complexity index is 199. The monoisotopic (exact) mass is 124 g/mol. The summed E-state index contributed by atoms with van der Waals surface area (Å²) in [7, 11) is 0. The van der Waals surface area contributed by atoms with Gasteiger partial charge in [-0.1, -0.05) is 6.08 Å². The van der Waals surface area contributed by atoms with Crippen molar-refractivity contribution in [3.63, 3.8) is 0 Å². The molecule has 0 saturated carbocycles. The zero-order chi connectivity index (χ0) is 6.85. The summed E-state index contributed by atoms with van der Waals surface area (Å²) in [6.07, 6.45) is 3.64. The molecule has 0 saturated heterocycles. The largest absolute Gasteiger partial charge is 0.512 e. The SMILES string of the molecule is CC1=C(O)CC=CC1=O. The van der Waals surface area contributed by atoms with E-state index in [-0.39, 0.29) is 11.5 Å². The molecule has 1 rings (SSSR count). The molecular weight excluding hydrogens is 116 g/mol. The first-order chi connectivity index (χ1) is 4.22. The second-order valence-electron chi connectivity index (χ2n) is 2.04. The van der Waals surface area contributed by atoms with Crippen molar-refractivity contribution < 1.29 is 9.90 Å². The van der Waals surface area contributed by atoms with Gasteiger partial charge in [0.05, 0.1) is 0 Å². The van der Waals surface area contributed by atoms with Crippen molar-refractivity contribution in [2.24, 2.45) is 0 Å². The van der Waals surface area contributed by atoms with Crippen molar-refractivity contribution in [1.29, 1.82) is 0 Å². The highest BCUT2D eigenvalue weighted by Crippen LogP contribution is 2.12. The average Bonchev–Trinajstić information content (AvgIpc) is 1.83. The smallest absolute Gasteiger partial charge is 0.184 e. The van der Waals surface area contributed by atoms with Crippen LogP contribution in [0.25, 0.3) is 0 Å². The van der Waals surface area contributed by atoms with Gasteiger partial charge in [0.15, 0.2) is 5.78 Å². The Morgan fingerprint density at radius 2 is 2.33 bits per heavy atom. The van der Waals surface area contributed by atoms with Gasteiger partial charge in [-0.05, 0) is 13.0 Å². The molecule has 0 radical (unpaired) electrons. The predicted octanol–water partition coefficient (Wildman–Crippen LogP) is 1.35. The summed E-state index contributed by atoms with van der Waals surface area (Å²) < 4.78 is 0. The van der Waals surface area contributed by atoms with E-state index in [9.17, 15) is 4.79 Å². The first kappa shape index (κ1) is 6.08. The minimum Gasteiger partial charge on any atom is -0.512 e. The van der Waals surface area contributed by atoms with Crippen LogP contribution < -0.4 is 0 Å². The van der Waals surface area contributed by atoms with Gasteiger partial charge in [0.2, 0.25) is 0 Å². The predicted molar refractivity (Wildman–Crippen MR) is 34.1 cm³/mol. The molecule has 0 spiro atoms. The summed E-state index contributed by atoms with van der Waals surface area (Å²) in [4.78, 5) is 10.7. The van der Waals surface area contributed by atoms with Gasteiger partial charge in [-0.15, -0.1) is 0 Å². The molecule has 0 aromatic heterocycles. The van der Waals surface area contributed by atoms with Crippen molar-refractivity contribution in [1.82, 2.24) is 0 Å². The van der Waals surface area contributed by atoms with Crippen LogP contribution in [-0.4, -0.2) is 10.9 Å². The molecule has 0 amide bonds. The number of rotatable bonds is 0. The van der Waals surface area contributed by atoms with Crippen LogP contribution in [-0.2, 0) is 4.79 Å². The van der Waals surface area contributed by atoms with Crippen LogP contribution in [0.3, 0.4) is 0 Å². The average molecular weight is 124 g/mol. The molecule has 0 aromatic rings. The van der Waals surface area contributed by atoms with Crippen molar-refractivity contribution in [2.75, 3.05) is 0 Å². The second kappa shape index (κ2) is 2.05. The Morgan fingerprint density at radius 3 is 2.78 bits per heavy atom. The number of hydrogen-bond acceptors (Lipinski definition) is 2. The fraction of sp³-hybridized carbons (Fsp3) is 0.286. The van der Waals surface area contributed by atoms with Crippen molar-refractivity contribution in [3.05, 3.63) is 23.5 Å². The third-order valence-corrected chi connectivity index (χ3v) is 1.38. The molecule has 0 aliphatic heterocycles. The van der Waals surface area contributed by atoms with Crippen LogP contribution in [0.4, 0.5) is 0 Å². The van der Waals surface area contributed by atoms with Crippen molar-refractivity contribution >= 4 is 5.78 Å². The molecular formula is C7H8O2. The van der Waals surface area contributed by atoms with E-state index in [1.54, 1.807) is 13.0 Å². The van der Waals surface area contributed by atoms with Gasteiger partial charge in [0.1, 0.15) is 5.76 Å². The number of allylic oxidation sites excluding steroid dienone is 3. The molecule has 0 atom stereocenters. The lowest BCUT2D eigenvalue weighted by molar-refractivity contribution is -0.111. The number of carbonyl (C=O) groups is 1. The number of aliphatic hydroxyl groups is 1. The maximum atomic E-state index is 10.7. The molecule has 1 aliphatic carbocycles. The first-order valence-corrected chi connectivity index (χ1v) is 2.81. The molecule has 0 bridgehead atoms. The fourth-order valence-corrected chi connectivity index (χ4v) is 0.698. The highest BCUT2D eigenvalue weighted by Gasteiger charge is 2.09. The molecule has 0 heterocycles. The minimum absolute atomic E-state index is 0.0845. The fourth-order valence-electron chi connectivity index (χ4n) is 0.698. The van der Waals surface area contributed by atoms with Crippen LogP contribution in [0, 0.1) is 0 Å². The Hall–Kier alpha value is -1.05. The van der Waals surface area contributed by atoms with E-state index in [0.717, 1.165) is 0 Å². The molecule has 1 aliphatic rings. The highest BCUT2D eigenvalue weighted by atomic mass is 16.3. The van der Waals surface area contributed by atoms with Crippen LogP contribution >= 0.6 is 0 Å². The van der Waals surface area contributed by atoms with E-state index in [1.807, 2.05) is 0 Å². The van der Waals surface area contributed by atoms with E-state index in [4.69, 9.17) is 5.11 Å². The quantitative estimate of drug-likeness (QED) is 0.529. The molecule has 2 nitrogen and oxygen atoms in total. The lowest BCUT2D eigenvalue weighted by atomic mass is 10.1. The van der Waals surface area contributed by atoms with Crippen LogP contribution in [0.1, 0.15) is 13.3 Å². The Kier molecular flexibility index (Phi) is 1.39. The van der Waals surface area contributed by atoms with Crippen molar-refractivity contribution in [3.8, 4) is 0 Å². The molecule has 0 unspecified atom stereocenters. The highest BCUT2D eigenvalue weighted by molar-refractivity contribution is 6.04. The Morgan fingerprint density at radius 1 is 1.67 bits per heavy atom. The van der Waals surface area contributed by atoms with E-state index in [1.165, 1.54) is 6.08 Å². The van der Waals surface area contributed by atoms with Gasteiger partial charge in [-0.25, -0.2) is 0 Å². The summed E-state index contributed by atoms with van der Waals surface area (Å²) in [6, 6.07) is 0. The van der Waals surface area contributed by atoms with Crippen LogP contribution in [0.2, 0.25) is 0 Å². The zero-order valence-electron chi connectivity index (χ0n) is 5.22. The number of aliphatic hydroxyl groups excluding tert-OH is 1. The van der Waals surface area contributed by atoms with Gasteiger partial charge in [0.25, 0.3) is 0 Å². The molecule has 0 fully saturated rings. The molecule has 2 heteroatoms. The van der Waals surface area contributed by atoms with Gasteiger partial charge < -0.3 is 5.11 Å². The maximum absolute atomic E-state index is 10.7. The van der Waals surface area contributed by atoms with E-state index in [0.29, 0.717) is 12.0 Å². The van der Waals surface area contributed by atoms with E-state index in [2.05, 4.69) is 0 Å². The topological polar surface area (TPSA) is 37.3 Å². The molecule has 0 aromatic carbocycles. The maximum Gasteiger partial charge on any atom is 0.184 e.